The summed E-state index contributed by atoms with van der Waals surface area (Å²) in [5.74, 6) is 1.81. The predicted molar refractivity (Wildman–Crippen MR) is 124 cm³/mol. The molecule has 0 bridgehead atoms. The first kappa shape index (κ1) is 22.3. The fraction of sp³-hybridized carbons (Fsp3) is 0.444. The van der Waals surface area contributed by atoms with E-state index >= 15 is 0 Å². The quantitative estimate of drug-likeness (QED) is 0.507. The second kappa shape index (κ2) is 9.27. The van der Waals surface area contributed by atoms with Crippen LogP contribution < -0.4 is 14.2 Å². The van der Waals surface area contributed by atoms with Gasteiger partial charge in [-0.1, -0.05) is 49.6 Å². The summed E-state index contributed by atoms with van der Waals surface area (Å²) in [5, 5.41) is 0. The van der Waals surface area contributed by atoms with Gasteiger partial charge in [0.25, 0.3) is 0 Å². The summed E-state index contributed by atoms with van der Waals surface area (Å²) >= 11 is 0. The lowest BCUT2D eigenvalue weighted by molar-refractivity contribution is -0.145. The Bertz CT molecular complexity index is 979. The fourth-order valence-corrected chi connectivity index (χ4v) is 5.37. The summed E-state index contributed by atoms with van der Waals surface area (Å²) in [6.45, 7) is 2.15. The number of ether oxygens (including phenoxy) is 4. The van der Waals surface area contributed by atoms with Crippen LogP contribution in [0.3, 0.4) is 0 Å². The molecule has 32 heavy (non-hydrogen) atoms. The highest BCUT2D eigenvalue weighted by molar-refractivity contribution is 6.16. The average molecular weight is 437 g/mol. The number of rotatable bonds is 8. The fourth-order valence-electron chi connectivity index (χ4n) is 5.37. The van der Waals surface area contributed by atoms with Crippen LogP contribution in [0.2, 0.25) is 0 Å². The van der Waals surface area contributed by atoms with E-state index in [2.05, 4.69) is 12.1 Å². The molecule has 4 rings (SSSR count). The zero-order valence-corrected chi connectivity index (χ0v) is 19.4. The maximum atomic E-state index is 13.8. The van der Waals surface area contributed by atoms with Crippen LogP contribution in [0.25, 0.3) is 5.57 Å². The number of methoxy groups -OCH3 is 3. The summed E-state index contributed by atoms with van der Waals surface area (Å²) in [6, 6.07) is 13.8. The van der Waals surface area contributed by atoms with Gasteiger partial charge in [0.1, 0.15) is 22.7 Å². The van der Waals surface area contributed by atoms with E-state index in [-0.39, 0.29) is 5.97 Å². The molecule has 0 saturated heterocycles. The van der Waals surface area contributed by atoms with Crippen molar-refractivity contribution in [1.29, 1.82) is 0 Å². The van der Waals surface area contributed by atoms with Crippen molar-refractivity contribution in [1.82, 2.24) is 0 Å². The van der Waals surface area contributed by atoms with E-state index < -0.39 is 5.41 Å². The van der Waals surface area contributed by atoms with E-state index in [0.29, 0.717) is 35.3 Å². The standard InChI is InChI=1S/C27H32O5/c1-5-32-26(28)27(25-21(30-3)16-20(29-2)17-22(25)31-4)23(18-12-8-6-9-13-18)24(27)19-14-10-7-11-15-19/h6,8-9,12-13,16-17,19H,5,7,10-11,14-15H2,1-4H3. The van der Waals surface area contributed by atoms with Crippen LogP contribution in [0, 0.1) is 5.92 Å². The van der Waals surface area contributed by atoms with Crippen LogP contribution in [0.4, 0.5) is 0 Å². The summed E-state index contributed by atoms with van der Waals surface area (Å²) < 4.78 is 22.8. The van der Waals surface area contributed by atoms with Gasteiger partial charge in [0.2, 0.25) is 0 Å². The first-order valence-electron chi connectivity index (χ1n) is 11.4. The van der Waals surface area contributed by atoms with Gasteiger partial charge in [0, 0.05) is 12.1 Å². The third kappa shape index (κ3) is 3.54. The number of hydrogen-bond acceptors (Lipinski definition) is 5. The van der Waals surface area contributed by atoms with E-state index in [9.17, 15) is 4.79 Å². The van der Waals surface area contributed by atoms with Gasteiger partial charge in [-0.15, -0.1) is 0 Å². The SMILES string of the molecule is CCOC(=O)C1(c2c(OC)cc(OC)cc2OC)C(c2ccccc2)=C1C1CCCCC1. The lowest BCUT2D eigenvalue weighted by Crippen LogP contribution is -2.31. The molecule has 2 aromatic carbocycles. The van der Waals surface area contributed by atoms with E-state index in [1.807, 2.05) is 37.3 Å². The van der Waals surface area contributed by atoms with Crippen molar-refractivity contribution < 1.29 is 23.7 Å². The van der Waals surface area contributed by atoms with Gasteiger partial charge in [0.05, 0.1) is 33.5 Å². The topological polar surface area (TPSA) is 54.0 Å². The summed E-state index contributed by atoms with van der Waals surface area (Å²) in [4.78, 5) is 13.8. The van der Waals surface area contributed by atoms with E-state index in [4.69, 9.17) is 18.9 Å². The highest BCUT2D eigenvalue weighted by atomic mass is 16.5. The Morgan fingerprint density at radius 1 is 0.938 bits per heavy atom. The Morgan fingerprint density at radius 2 is 1.56 bits per heavy atom. The molecule has 1 fully saturated rings. The largest absolute Gasteiger partial charge is 0.496 e. The summed E-state index contributed by atoms with van der Waals surface area (Å²) in [5.41, 5.74) is 2.93. The van der Waals surface area contributed by atoms with Crippen molar-refractivity contribution in [3.8, 4) is 17.2 Å². The number of carbonyl (C=O) groups excluding carboxylic acids is 1. The molecule has 2 aromatic rings. The monoisotopic (exact) mass is 436 g/mol. The van der Waals surface area contributed by atoms with Gasteiger partial charge < -0.3 is 18.9 Å². The number of carbonyl (C=O) groups is 1. The van der Waals surface area contributed by atoms with Crippen LogP contribution in [-0.2, 0) is 14.9 Å². The second-order valence-electron chi connectivity index (χ2n) is 8.37. The van der Waals surface area contributed by atoms with Gasteiger partial charge in [-0.3, -0.25) is 4.79 Å². The van der Waals surface area contributed by atoms with E-state index in [0.717, 1.165) is 29.6 Å². The lowest BCUT2D eigenvalue weighted by Gasteiger charge is -2.28. The maximum Gasteiger partial charge on any atom is 0.325 e. The summed E-state index contributed by atoms with van der Waals surface area (Å²) in [6.07, 6.45) is 5.74. The molecule has 1 unspecified atom stereocenters. The van der Waals surface area contributed by atoms with Gasteiger partial charge in [0.15, 0.2) is 0 Å². The Hall–Kier alpha value is -2.95. The number of benzene rings is 2. The molecular weight excluding hydrogens is 404 g/mol. The smallest absolute Gasteiger partial charge is 0.325 e. The van der Waals surface area contributed by atoms with Crippen molar-refractivity contribution in [3.05, 3.63) is 59.2 Å². The van der Waals surface area contributed by atoms with Crippen LogP contribution in [0.5, 0.6) is 17.2 Å². The molecule has 0 radical (unpaired) electrons. The first-order valence-corrected chi connectivity index (χ1v) is 11.4. The van der Waals surface area contributed by atoms with Crippen LogP contribution >= 0.6 is 0 Å². The van der Waals surface area contributed by atoms with Crippen molar-refractivity contribution in [2.75, 3.05) is 27.9 Å². The number of hydrogen-bond donors (Lipinski definition) is 0. The predicted octanol–water partition coefficient (Wildman–Crippen LogP) is 5.56. The molecule has 2 aliphatic rings. The third-order valence-electron chi connectivity index (χ3n) is 6.73. The average Bonchev–Trinajstić information content (AvgIpc) is 3.55. The zero-order chi connectivity index (χ0) is 22.7. The molecule has 170 valence electrons. The molecule has 0 aliphatic heterocycles. The molecule has 1 atom stereocenters. The third-order valence-corrected chi connectivity index (χ3v) is 6.73. The van der Waals surface area contributed by atoms with Crippen molar-refractivity contribution >= 4 is 11.5 Å². The van der Waals surface area contributed by atoms with Gasteiger partial charge in [-0.05, 0) is 42.4 Å². The lowest BCUT2D eigenvalue weighted by atomic mass is 9.78. The van der Waals surface area contributed by atoms with Crippen molar-refractivity contribution in [2.45, 2.75) is 44.4 Å². The minimum absolute atomic E-state index is 0.263. The van der Waals surface area contributed by atoms with Gasteiger partial charge in [-0.25, -0.2) is 0 Å². The molecule has 0 N–H and O–H groups in total. The molecule has 0 spiro atoms. The minimum Gasteiger partial charge on any atom is -0.496 e. The molecule has 2 aliphatic carbocycles. The normalized spacial score (nSPS) is 20.6. The minimum atomic E-state index is -1.01. The Balaban J connectivity index is 1.98. The Labute approximate surface area is 190 Å². The molecule has 0 amide bonds. The van der Waals surface area contributed by atoms with Gasteiger partial charge >= 0.3 is 5.97 Å². The van der Waals surface area contributed by atoms with Crippen LogP contribution in [0.1, 0.15) is 50.2 Å². The second-order valence-corrected chi connectivity index (χ2v) is 8.37. The summed E-state index contributed by atoms with van der Waals surface area (Å²) in [7, 11) is 4.83. The Morgan fingerprint density at radius 3 is 2.09 bits per heavy atom. The maximum absolute atomic E-state index is 13.8. The van der Waals surface area contributed by atoms with Crippen LogP contribution in [0.15, 0.2) is 48.0 Å². The molecule has 0 heterocycles. The molecular formula is C27H32O5. The van der Waals surface area contributed by atoms with Crippen molar-refractivity contribution in [2.24, 2.45) is 5.92 Å². The molecule has 0 aromatic heterocycles. The van der Waals surface area contributed by atoms with E-state index in [1.54, 1.807) is 21.3 Å². The highest BCUT2D eigenvalue weighted by Crippen LogP contribution is 2.68. The molecule has 5 heteroatoms. The zero-order valence-electron chi connectivity index (χ0n) is 19.4. The van der Waals surface area contributed by atoms with Gasteiger partial charge in [-0.2, -0.15) is 0 Å². The van der Waals surface area contributed by atoms with Crippen LogP contribution in [-0.4, -0.2) is 33.9 Å². The van der Waals surface area contributed by atoms with Crippen molar-refractivity contribution in [3.63, 3.8) is 0 Å². The molecule has 5 nitrogen and oxygen atoms in total. The Kier molecular flexibility index (Phi) is 6.45. The first-order chi connectivity index (χ1) is 15.6. The number of esters is 1. The highest BCUT2D eigenvalue weighted by Gasteiger charge is 2.66. The molecule has 1 saturated carbocycles. The van der Waals surface area contributed by atoms with E-state index in [1.165, 1.54) is 19.3 Å².